The number of rotatable bonds is 3. The topological polar surface area (TPSA) is 84.3 Å². The van der Waals surface area contributed by atoms with Gasteiger partial charge in [0.15, 0.2) is 11.5 Å². The molecular formula is C17H20ClN5O2. The first kappa shape index (κ1) is 17.3. The Morgan fingerprint density at radius 1 is 1.36 bits per heavy atom. The van der Waals surface area contributed by atoms with Gasteiger partial charge in [0, 0.05) is 18.0 Å². The average Bonchev–Trinajstić information content (AvgIpc) is 3.12. The highest BCUT2D eigenvalue weighted by Crippen LogP contribution is 2.31. The molecule has 132 valence electrons. The van der Waals surface area contributed by atoms with Crippen LogP contribution in [0.4, 0.5) is 4.79 Å². The monoisotopic (exact) mass is 361 g/mol. The van der Waals surface area contributed by atoms with E-state index in [1.54, 1.807) is 0 Å². The van der Waals surface area contributed by atoms with Crippen LogP contribution in [0.2, 0.25) is 5.02 Å². The van der Waals surface area contributed by atoms with Gasteiger partial charge in [0.25, 0.3) is 0 Å². The highest BCUT2D eigenvalue weighted by atomic mass is 35.5. The fourth-order valence-corrected chi connectivity index (χ4v) is 2.88. The molecule has 0 saturated heterocycles. The van der Waals surface area contributed by atoms with Crippen LogP contribution in [0, 0.1) is 0 Å². The van der Waals surface area contributed by atoms with Crippen molar-refractivity contribution < 1.29 is 9.53 Å². The molecule has 7 nitrogen and oxygen atoms in total. The number of fused-ring (bicyclic) bond motifs is 1. The van der Waals surface area contributed by atoms with Crippen LogP contribution in [0.1, 0.15) is 32.0 Å². The maximum absolute atomic E-state index is 11.2. The van der Waals surface area contributed by atoms with E-state index in [1.165, 1.54) is 11.7 Å². The third-order valence-electron chi connectivity index (χ3n) is 3.73. The lowest BCUT2D eigenvalue weighted by Gasteiger charge is -2.14. The minimum absolute atomic E-state index is 0.164. The van der Waals surface area contributed by atoms with Gasteiger partial charge in [-0.05, 0) is 11.6 Å². The summed E-state index contributed by atoms with van der Waals surface area (Å²) in [5.41, 5.74) is 3.01. The summed E-state index contributed by atoms with van der Waals surface area (Å²) in [7, 11) is 1.52. The number of benzene rings is 1. The summed E-state index contributed by atoms with van der Waals surface area (Å²) in [5.74, 6) is 0.645. The Kier molecular flexibility index (Phi) is 4.43. The predicted molar refractivity (Wildman–Crippen MR) is 95.7 cm³/mol. The zero-order valence-corrected chi connectivity index (χ0v) is 15.3. The molecule has 0 radical (unpaired) electrons. The number of nitrogens with one attached hydrogen (secondary N) is 2. The molecular weight excluding hydrogens is 342 g/mol. The third kappa shape index (κ3) is 3.46. The van der Waals surface area contributed by atoms with Crippen molar-refractivity contribution in [3.05, 3.63) is 40.5 Å². The molecule has 0 saturated carbocycles. The molecule has 0 aliphatic carbocycles. The molecule has 1 amide bonds. The third-order valence-corrected chi connectivity index (χ3v) is 4.08. The number of hydrogen-bond donors (Lipinski definition) is 2. The average molecular weight is 362 g/mol. The molecule has 8 heteroatoms. The lowest BCUT2D eigenvalue weighted by molar-refractivity contribution is 0.142. The molecule has 1 aromatic carbocycles. The largest absolute Gasteiger partial charge is 0.445 e. The number of ether oxygens (including phenoxy) is 1. The highest BCUT2D eigenvalue weighted by molar-refractivity contribution is 6.34. The van der Waals surface area contributed by atoms with Crippen molar-refractivity contribution in [3.8, 4) is 11.4 Å². The normalized spacial score (nSPS) is 11.7. The van der Waals surface area contributed by atoms with Gasteiger partial charge in [-0.15, -0.1) is 9.73 Å². The molecule has 0 fully saturated rings. The second-order valence-electron chi connectivity index (χ2n) is 6.75. The molecule has 0 spiro atoms. The van der Waals surface area contributed by atoms with Gasteiger partial charge in [-0.1, -0.05) is 50.6 Å². The smallest absolute Gasteiger partial charge is 0.407 e. The van der Waals surface area contributed by atoms with Crippen molar-refractivity contribution in [2.24, 2.45) is 0 Å². The number of nitrogens with zero attached hydrogens (tertiary/aromatic N) is 3. The molecule has 0 bridgehead atoms. The van der Waals surface area contributed by atoms with Crippen molar-refractivity contribution in [1.82, 2.24) is 25.1 Å². The number of aromatic nitrogens is 4. The number of alkyl carbamates (subject to hydrolysis) is 1. The van der Waals surface area contributed by atoms with Crippen LogP contribution in [0.25, 0.3) is 17.0 Å². The zero-order valence-electron chi connectivity index (χ0n) is 14.6. The quantitative estimate of drug-likeness (QED) is 0.747. The summed E-state index contributed by atoms with van der Waals surface area (Å²) < 4.78 is 6.58. The van der Waals surface area contributed by atoms with Crippen molar-refractivity contribution in [1.29, 1.82) is 0 Å². The van der Waals surface area contributed by atoms with E-state index in [9.17, 15) is 4.79 Å². The number of halogens is 1. The van der Waals surface area contributed by atoms with Crippen molar-refractivity contribution in [2.75, 3.05) is 7.05 Å². The first-order chi connectivity index (χ1) is 11.8. The van der Waals surface area contributed by atoms with Crippen LogP contribution >= 0.6 is 11.6 Å². The molecule has 25 heavy (non-hydrogen) atoms. The van der Waals surface area contributed by atoms with Crippen LogP contribution < -0.4 is 5.32 Å². The minimum atomic E-state index is -0.469. The maximum atomic E-state index is 11.2. The summed E-state index contributed by atoms with van der Waals surface area (Å²) in [6.07, 6.45) is -0.469. The fourth-order valence-electron chi connectivity index (χ4n) is 2.44. The summed E-state index contributed by atoms with van der Waals surface area (Å²) in [6, 6.07) is 7.58. The number of amides is 1. The van der Waals surface area contributed by atoms with Crippen LogP contribution in [0.3, 0.4) is 0 Å². The fraction of sp³-hybridized carbons (Fsp3) is 0.353. The van der Waals surface area contributed by atoms with Gasteiger partial charge in [-0.2, -0.15) is 5.10 Å². The summed E-state index contributed by atoms with van der Waals surface area (Å²) in [6.45, 7) is 6.34. The molecule has 2 N–H and O–H groups in total. The Morgan fingerprint density at radius 2 is 2.12 bits per heavy atom. The number of hydrogen-bond acceptors (Lipinski definition) is 4. The number of H-pyrrole nitrogens is 1. The first-order valence-electron chi connectivity index (χ1n) is 7.88. The van der Waals surface area contributed by atoms with E-state index >= 15 is 0 Å². The highest BCUT2D eigenvalue weighted by Gasteiger charge is 2.25. The standard InChI is InChI=1S/C17H20ClN5O2/c1-17(2,3)13-12(18)15-20-14(22-23(15)21-13)11-7-5-6-10(8-11)9-25-16(24)19-4/h5-8H,9H2,1-4H3,(H,19,24)(H,20,22). The van der Waals surface area contributed by atoms with Gasteiger partial charge in [-0.25, -0.2) is 4.79 Å². The lowest BCUT2D eigenvalue weighted by Crippen LogP contribution is -2.18. The Balaban J connectivity index is 1.91. The van der Waals surface area contributed by atoms with Crippen LogP contribution in [0.15, 0.2) is 24.3 Å². The van der Waals surface area contributed by atoms with Crippen molar-refractivity contribution in [3.63, 3.8) is 0 Å². The van der Waals surface area contributed by atoms with Crippen LogP contribution in [-0.4, -0.2) is 33.0 Å². The number of carbonyl (C=O) groups excluding carboxylic acids is 1. The van der Waals surface area contributed by atoms with Gasteiger partial charge < -0.3 is 15.0 Å². The number of aromatic amines is 1. The molecule has 3 aromatic rings. The molecule has 2 aromatic heterocycles. The lowest BCUT2D eigenvalue weighted by atomic mass is 9.92. The Bertz CT molecular complexity index is 923. The van der Waals surface area contributed by atoms with E-state index in [2.05, 4.69) is 41.3 Å². The van der Waals surface area contributed by atoms with Gasteiger partial charge >= 0.3 is 6.09 Å². The van der Waals surface area contributed by atoms with Gasteiger partial charge in [-0.3, -0.25) is 0 Å². The van der Waals surface area contributed by atoms with Crippen LogP contribution in [0.5, 0.6) is 0 Å². The Hall–Kier alpha value is -2.54. The maximum Gasteiger partial charge on any atom is 0.407 e. The molecule has 3 rings (SSSR count). The predicted octanol–water partition coefficient (Wildman–Crippen LogP) is 3.53. The SMILES string of the molecule is CNC(=O)OCc1cccc(-c2nn3nc(C(C)(C)C)c(Cl)c3[nH]2)c1. The second kappa shape index (κ2) is 6.40. The van der Waals surface area contributed by atoms with E-state index in [4.69, 9.17) is 16.3 Å². The van der Waals surface area contributed by atoms with E-state index in [1.807, 2.05) is 24.3 Å². The van der Waals surface area contributed by atoms with Gasteiger partial charge in [0.1, 0.15) is 11.6 Å². The Morgan fingerprint density at radius 3 is 2.76 bits per heavy atom. The zero-order chi connectivity index (χ0) is 18.2. The Labute approximate surface area is 150 Å². The van der Waals surface area contributed by atoms with Gasteiger partial charge in [0.05, 0.1) is 5.69 Å². The second-order valence-corrected chi connectivity index (χ2v) is 7.13. The van der Waals surface area contributed by atoms with Gasteiger partial charge in [0.2, 0.25) is 0 Å². The summed E-state index contributed by atoms with van der Waals surface area (Å²) in [5, 5.41) is 12.0. The van der Waals surface area contributed by atoms with E-state index < -0.39 is 6.09 Å². The first-order valence-corrected chi connectivity index (χ1v) is 8.26. The van der Waals surface area contributed by atoms with Crippen molar-refractivity contribution in [2.45, 2.75) is 32.8 Å². The van der Waals surface area contributed by atoms with Crippen molar-refractivity contribution >= 4 is 23.3 Å². The minimum Gasteiger partial charge on any atom is -0.445 e. The molecule has 0 aliphatic rings. The van der Waals surface area contributed by atoms with Crippen LogP contribution in [-0.2, 0) is 16.8 Å². The molecule has 0 atom stereocenters. The van der Waals surface area contributed by atoms with E-state index in [0.717, 1.165) is 16.8 Å². The van der Waals surface area contributed by atoms with E-state index in [-0.39, 0.29) is 12.0 Å². The summed E-state index contributed by atoms with van der Waals surface area (Å²) in [4.78, 5) is 14.4. The molecule has 0 aliphatic heterocycles. The summed E-state index contributed by atoms with van der Waals surface area (Å²) >= 11 is 6.46. The number of carbonyl (C=O) groups is 1. The molecule has 0 unspecified atom stereocenters. The molecule has 2 heterocycles. The van der Waals surface area contributed by atoms with E-state index in [0.29, 0.717) is 16.5 Å².